The Kier molecular flexibility index (Phi) is 4.70. The van der Waals surface area contributed by atoms with E-state index in [0.29, 0.717) is 0 Å². The number of alkyl carbamates (subject to hydrolysis) is 1. The van der Waals surface area contributed by atoms with E-state index in [1.54, 1.807) is 0 Å². The van der Waals surface area contributed by atoms with Gasteiger partial charge in [-0.05, 0) is 12.0 Å². The molecule has 1 aromatic carbocycles. The highest BCUT2D eigenvalue weighted by Gasteiger charge is 2.27. The Morgan fingerprint density at radius 1 is 1.30 bits per heavy atom. The van der Waals surface area contributed by atoms with Gasteiger partial charge in [-0.25, -0.2) is 4.79 Å². The minimum atomic E-state index is -0.666. The maximum Gasteiger partial charge on any atom is 0.408 e. The molecular weight excluding hydrogens is 262 g/mol. The smallest absolute Gasteiger partial charge is 0.408 e. The van der Waals surface area contributed by atoms with Crippen LogP contribution >= 0.6 is 0 Å². The first-order chi connectivity index (χ1) is 9.65. The highest BCUT2D eigenvalue weighted by atomic mass is 16.6. The Bertz CT molecular complexity index is 500. The molecule has 0 aliphatic carbocycles. The number of ketones is 1. The molecule has 6 nitrogen and oxygen atoms in total. The number of benzene rings is 1. The summed E-state index contributed by atoms with van der Waals surface area (Å²) in [6.45, 7) is -0.0384. The van der Waals surface area contributed by atoms with Gasteiger partial charge in [0.2, 0.25) is 0 Å². The topological polar surface area (TPSA) is 81.7 Å². The summed E-state index contributed by atoms with van der Waals surface area (Å²) in [7, 11) is 0. The monoisotopic (exact) mass is 277 g/mol. The molecule has 6 heteroatoms. The first-order valence-corrected chi connectivity index (χ1v) is 6.30. The Balaban J connectivity index is 1.72. The fourth-order valence-electron chi connectivity index (χ4n) is 1.81. The fraction of sp³-hybridized carbons (Fsp3) is 0.357. The molecular formula is C14H15NO5. The standard InChI is InChI=1S/C14H15NO5/c16-12-9-20-14(18)15-11(12)6-7-13(17)19-8-10-4-2-1-3-5-10/h1-5,11H,6-9H2,(H,15,18). The van der Waals surface area contributed by atoms with Crippen molar-refractivity contribution in [3.63, 3.8) is 0 Å². The Hall–Kier alpha value is -2.37. The van der Waals surface area contributed by atoms with E-state index in [1.165, 1.54) is 0 Å². The molecule has 1 unspecified atom stereocenters. The van der Waals surface area contributed by atoms with Gasteiger partial charge in [0.05, 0.1) is 6.04 Å². The number of hydrogen-bond donors (Lipinski definition) is 1. The normalized spacial score (nSPS) is 18.1. The lowest BCUT2D eigenvalue weighted by Gasteiger charge is -2.21. The van der Waals surface area contributed by atoms with E-state index >= 15 is 0 Å². The SMILES string of the molecule is O=C(CCC1NC(=O)OCC1=O)OCc1ccccc1. The van der Waals surface area contributed by atoms with Crippen molar-refractivity contribution in [2.45, 2.75) is 25.5 Å². The highest BCUT2D eigenvalue weighted by molar-refractivity contribution is 5.92. The van der Waals surface area contributed by atoms with Crippen LogP contribution in [0.2, 0.25) is 0 Å². The maximum absolute atomic E-state index is 11.6. The van der Waals surface area contributed by atoms with Gasteiger partial charge >= 0.3 is 12.1 Å². The molecule has 0 aromatic heterocycles. The lowest BCUT2D eigenvalue weighted by Crippen LogP contribution is -2.48. The van der Waals surface area contributed by atoms with E-state index in [-0.39, 0.29) is 31.8 Å². The van der Waals surface area contributed by atoms with Crippen LogP contribution < -0.4 is 5.32 Å². The molecule has 0 radical (unpaired) electrons. The van der Waals surface area contributed by atoms with Crippen molar-refractivity contribution in [3.05, 3.63) is 35.9 Å². The van der Waals surface area contributed by atoms with Crippen molar-refractivity contribution in [3.8, 4) is 0 Å². The number of ether oxygens (including phenoxy) is 2. The molecule has 1 amide bonds. The van der Waals surface area contributed by atoms with Gasteiger partial charge in [0.25, 0.3) is 0 Å². The second-order valence-corrected chi connectivity index (χ2v) is 4.42. The molecule has 0 saturated carbocycles. The van der Waals surface area contributed by atoms with Crippen molar-refractivity contribution in [1.29, 1.82) is 0 Å². The molecule has 1 saturated heterocycles. The largest absolute Gasteiger partial charge is 0.461 e. The molecule has 1 fully saturated rings. The van der Waals surface area contributed by atoms with Gasteiger partial charge in [-0.2, -0.15) is 0 Å². The minimum Gasteiger partial charge on any atom is -0.461 e. The average molecular weight is 277 g/mol. The minimum absolute atomic E-state index is 0.0729. The molecule has 1 aliphatic heterocycles. The molecule has 1 atom stereocenters. The van der Waals surface area contributed by atoms with Gasteiger partial charge in [0.15, 0.2) is 12.4 Å². The molecule has 1 aliphatic rings. The number of carbonyl (C=O) groups excluding carboxylic acids is 3. The van der Waals surface area contributed by atoms with Gasteiger partial charge in [-0.15, -0.1) is 0 Å². The first-order valence-electron chi connectivity index (χ1n) is 6.30. The first kappa shape index (κ1) is 14.0. The number of nitrogens with one attached hydrogen (secondary N) is 1. The third kappa shape index (κ3) is 4.08. The number of amides is 1. The van der Waals surface area contributed by atoms with E-state index in [1.807, 2.05) is 30.3 Å². The average Bonchev–Trinajstić information content (AvgIpc) is 2.47. The predicted octanol–water partition coefficient (Wildman–Crippen LogP) is 1.19. The lowest BCUT2D eigenvalue weighted by atomic mass is 10.1. The summed E-state index contributed by atoms with van der Waals surface area (Å²) in [6.07, 6.45) is -0.335. The molecule has 2 rings (SSSR count). The second kappa shape index (κ2) is 6.70. The van der Waals surface area contributed by atoms with Crippen molar-refractivity contribution >= 4 is 17.8 Å². The summed E-state index contributed by atoms with van der Waals surface area (Å²) < 4.78 is 9.60. The van der Waals surface area contributed by atoms with Crippen molar-refractivity contribution in [2.75, 3.05) is 6.61 Å². The molecule has 0 bridgehead atoms. The van der Waals surface area contributed by atoms with E-state index in [4.69, 9.17) is 4.74 Å². The van der Waals surface area contributed by atoms with Crippen molar-refractivity contribution < 1.29 is 23.9 Å². The van der Waals surface area contributed by atoms with Crippen LogP contribution in [0, 0.1) is 0 Å². The zero-order valence-corrected chi connectivity index (χ0v) is 10.8. The Morgan fingerprint density at radius 2 is 2.05 bits per heavy atom. The number of rotatable bonds is 5. The van der Waals surface area contributed by atoms with Crippen molar-refractivity contribution in [2.24, 2.45) is 0 Å². The van der Waals surface area contributed by atoms with Gasteiger partial charge in [0.1, 0.15) is 6.61 Å². The summed E-state index contributed by atoms with van der Waals surface area (Å²) in [4.78, 5) is 34.0. The van der Waals surface area contributed by atoms with Crippen LogP contribution in [0.1, 0.15) is 18.4 Å². The van der Waals surface area contributed by atoms with Gasteiger partial charge < -0.3 is 14.8 Å². The van der Waals surface area contributed by atoms with Crippen LogP contribution in [-0.4, -0.2) is 30.5 Å². The van der Waals surface area contributed by atoms with E-state index in [2.05, 4.69) is 10.1 Å². The third-order valence-electron chi connectivity index (χ3n) is 2.91. The summed E-state index contributed by atoms with van der Waals surface area (Å²) in [6, 6.07) is 8.65. The zero-order valence-electron chi connectivity index (χ0n) is 10.8. The van der Waals surface area contributed by atoms with E-state index < -0.39 is 18.1 Å². The molecule has 106 valence electrons. The molecule has 1 aromatic rings. The number of hydrogen-bond acceptors (Lipinski definition) is 5. The quantitative estimate of drug-likeness (QED) is 0.817. The summed E-state index contributed by atoms with van der Waals surface area (Å²) in [5, 5.41) is 2.38. The molecule has 1 heterocycles. The number of Topliss-reactive ketones (excluding diaryl/α,β-unsaturated/α-hetero) is 1. The highest BCUT2D eigenvalue weighted by Crippen LogP contribution is 2.07. The number of carbonyl (C=O) groups is 3. The predicted molar refractivity (Wildman–Crippen MR) is 68.8 cm³/mol. The van der Waals surface area contributed by atoms with Crippen LogP contribution in [0.15, 0.2) is 30.3 Å². The molecule has 20 heavy (non-hydrogen) atoms. The fourth-order valence-corrected chi connectivity index (χ4v) is 1.81. The van der Waals surface area contributed by atoms with E-state index in [0.717, 1.165) is 5.56 Å². The Morgan fingerprint density at radius 3 is 2.80 bits per heavy atom. The van der Waals surface area contributed by atoms with Gasteiger partial charge in [0, 0.05) is 6.42 Å². The van der Waals surface area contributed by atoms with Gasteiger partial charge in [-0.3, -0.25) is 9.59 Å². The molecule has 1 N–H and O–H groups in total. The maximum atomic E-state index is 11.6. The number of esters is 1. The lowest BCUT2D eigenvalue weighted by molar-refractivity contribution is -0.145. The van der Waals surface area contributed by atoms with Crippen LogP contribution in [0.3, 0.4) is 0 Å². The van der Waals surface area contributed by atoms with Crippen LogP contribution in [0.4, 0.5) is 4.79 Å². The zero-order chi connectivity index (χ0) is 14.4. The third-order valence-corrected chi connectivity index (χ3v) is 2.91. The second-order valence-electron chi connectivity index (χ2n) is 4.42. The van der Waals surface area contributed by atoms with Crippen LogP contribution in [-0.2, 0) is 25.7 Å². The van der Waals surface area contributed by atoms with Crippen LogP contribution in [0.25, 0.3) is 0 Å². The van der Waals surface area contributed by atoms with Gasteiger partial charge in [-0.1, -0.05) is 30.3 Å². The van der Waals surface area contributed by atoms with Crippen molar-refractivity contribution in [1.82, 2.24) is 5.32 Å². The van der Waals surface area contributed by atoms with Crippen LogP contribution in [0.5, 0.6) is 0 Å². The molecule has 0 spiro atoms. The van der Waals surface area contributed by atoms with E-state index in [9.17, 15) is 14.4 Å². The summed E-state index contributed by atoms with van der Waals surface area (Å²) in [5.74, 6) is -0.636. The Labute approximate surface area is 116 Å². The number of cyclic esters (lactones) is 1. The summed E-state index contributed by atoms with van der Waals surface area (Å²) >= 11 is 0. The summed E-state index contributed by atoms with van der Waals surface area (Å²) in [5.41, 5.74) is 0.899.